The molecule has 1 fully saturated rings. The Morgan fingerprint density at radius 1 is 1.16 bits per heavy atom. The van der Waals surface area contributed by atoms with Crippen LogP contribution < -0.4 is 10.0 Å². The fourth-order valence-electron chi connectivity index (χ4n) is 2.71. The number of hydrogen-bond acceptors (Lipinski definition) is 4. The molecule has 0 bridgehead atoms. The number of rotatable bonds is 6. The van der Waals surface area contributed by atoms with Gasteiger partial charge in [-0.2, -0.15) is 0 Å². The summed E-state index contributed by atoms with van der Waals surface area (Å²) in [6.07, 6.45) is 7.37. The Labute approximate surface area is 117 Å². The molecule has 1 aliphatic rings. The quantitative estimate of drug-likeness (QED) is 0.638. The molecule has 19 heavy (non-hydrogen) atoms. The molecular weight excluding hydrogens is 264 g/mol. The average Bonchev–Trinajstić information content (AvgIpc) is 2.39. The second-order valence-corrected chi connectivity index (χ2v) is 8.25. The Hall–Kier alpha value is -0.170. The van der Waals surface area contributed by atoms with Gasteiger partial charge in [-0.05, 0) is 26.7 Å². The molecule has 0 radical (unpaired) electrons. The minimum atomic E-state index is -3.21. The largest absolute Gasteiger partial charge is 0.389 e. The highest BCUT2D eigenvalue weighted by Crippen LogP contribution is 2.26. The molecule has 0 saturated heterocycles. The highest BCUT2D eigenvalue weighted by molar-refractivity contribution is 7.88. The summed E-state index contributed by atoms with van der Waals surface area (Å²) in [6.45, 7) is 4.70. The molecule has 3 N–H and O–H groups in total. The third kappa shape index (κ3) is 7.25. The van der Waals surface area contributed by atoms with Gasteiger partial charge in [-0.25, -0.2) is 13.1 Å². The number of sulfonamides is 1. The van der Waals surface area contributed by atoms with Gasteiger partial charge in [-0.15, -0.1) is 0 Å². The monoisotopic (exact) mass is 292 g/mol. The highest BCUT2D eigenvalue weighted by atomic mass is 32.2. The van der Waals surface area contributed by atoms with Crippen LogP contribution in [0.3, 0.4) is 0 Å². The molecule has 5 nitrogen and oxygen atoms in total. The zero-order valence-electron chi connectivity index (χ0n) is 12.3. The summed E-state index contributed by atoms with van der Waals surface area (Å²) < 4.78 is 25.0. The van der Waals surface area contributed by atoms with E-state index >= 15 is 0 Å². The molecule has 0 unspecified atom stereocenters. The minimum absolute atomic E-state index is 0.502. The first-order chi connectivity index (χ1) is 8.62. The number of hydrogen-bond donors (Lipinski definition) is 3. The minimum Gasteiger partial charge on any atom is -0.389 e. The van der Waals surface area contributed by atoms with Crippen molar-refractivity contribution in [3.63, 3.8) is 0 Å². The van der Waals surface area contributed by atoms with Crippen LogP contribution in [0.1, 0.15) is 52.4 Å². The van der Waals surface area contributed by atoms with E-state index in [1.807, 2.05) is 13.8 Å². The third-order valence-electron chi connectivity index (χ3n) is 3.52. The molecular formula is C13H28N2O3S. The summed E-state index contributed by atoms with van der Waals surface area (Å²) in [5.41, 5.74) is -1.17. The first kappa shape index (κ1) is 16.9. The van der Waals surface area contributed by atoms with Gasteiger partial charge in [0.05, 0.1) is 11.9 Å². The molecule has 0 aliphatic heterocycles. The van der Waals surface area contributed by atoms with E-state index in [0.717, 1.165) is 31.9 Å². The summed E-state index contributed by atoms with van der Waals surface area (Å²) in [6, 6.07) is 0. The van der Waals surface area contributed by atoms with Crippen LogP contribution >= 0.6 is 0 Å². The topological polar surface area (TPSA) is 78.4 Å². The number of nitrogens with one attached hydrogen (secondary N) is 2. The standard InChI is InChI=1S/C13H28N2O3S/c1-12(2,15-19(3,17)18)10-14-11-13(16)8-6-4-5-7-9-13/h14-16H,4-11H2,1-3H3. The van der Waals surface area contributed by atoms with E-state index in [-0.39, 0.29) is 0 Å². The maximum absolute atomic E-state index is 11.2. The van der Waals surface area contributed by atoms with E-state index in [1.54, 1.807) is 0 Å². The van der Waals surface area contributed by atoms with E-state index < -0.39 is 21.2 Å². The Bertz CT molecular complexity index is 371. The second kappa shape index (κ2) is 6.52. The van der Waals surface area contributed by atoms with E-state index in [9.17, 15) is 13.5 Å². The zero-order valence-corrected chi connectivity index (χ0v) is 13.1. The van der Waals surface area contributed by atoms with Crippen LogP contribution in [0, 0.1) is 0 Å². The lowest BCUT2D eigenvalue weighted by atomic mass is 9.94. The van der Waals surface area contributed by atoms with Gasteiger partial charge in [0.1, 0.15) is 0 Å². The maximum atomic E-state index is 11.2. The first-order valence-electron chi connectivity index (χ1n) is 7.04. The van der Waals surface area contributed by atoms with Crippen LogP contribution in [0.5, 0.6) is 0 Å². The normalized spacial score (nSPS) is 21.1. The molecule has 0 aromatic rings. The number of aliphatic hydroxyl groups is 1. The van der Waals surface area contributed by atoms with Gasteiger partial charge in [-0.1, -0.05) is 25.7 Å². The van der Waals surface area contributed by atoms with Gasteiger partial charge in [0.2, 0.25) is 10.0 Å². The predicted octanol–water partition coefficient (Wildman–Crippen LogP) is 0.989. The van der Waals surface area contributed by atoms with Crippen LogP contribution in [-0.4, -0.2) is 44.0 Å². The Morgan fingerprint density at radius 2 is 1.68 bits per heavy atom. The van der Waals surface area contributed by atoms with Crippen molar-refractivity contribution in [2.75, 3.05) is 19.3 Å². The van der Waals surface area contributed by atoms with E-state index in [1.165, 1.54) is 12.8 Å². The van der Waals surface area contributed by atoms with Gasteiger partial charge < -0.3 is 10.4 Å². The van der Waals surface area contributed by atoms with E-state index in [4.69, 9.17) is 0 Å². The van der Waals surface area contributed by atoms with Crippen LogP contribution in [0.4, 0.5) is 0 Å². The van der Waals surface area contributed by atoms with Gasteiger partial charge in [0.25, 0.3) is 0 Å². The first-order valence-corrected chi connectivity index (χ1v) is 8.93. The van der Waals surface area contributed by atoms with Crippen molar-refractivity contribution >= 4 is 10.0 Å². The van der Waals surface area contributed by atoms with E-state index in [2.05, 4.69) is 10.0 Å². The smallest absolute Gasteiger partial charge is 0.209 e. The molecule has 1 saturated carbocycles. The van der Waals surface area contributed by atoms with Gasteiger partial charge in [0, 0.05) is 18.6 Å². The second-order valence-electron chi connectivity index (χ2n) is 6.50. The summed E-state index contributed by atoms with van der Waals surface area (Å²) >= 11 is 0. The molecule has 0 atom stereocenters. The zero-order chi connectivity index (χ0) is 14.6. The third-order valence-corrected chi connectivity index (χ3v) is 4.44. The van der Waals surface area contributed by atoms with Crippen LogP contribution in [0.2, 0.25) is 0 Å². The van der Waals surface area contributed by atoms with Gasteiger partial charge in [-0.3, -0.25) is 0 Å². The van der Waals surface area contributed by atoms with Crippen molar-refractivity contribution in [2.24, 2.45) is 0 Å². The fourth-order valence-corrected chi connectivity index (χ4v) is 3.79. The molecule has 0 aromatic heterocycles. The highest BCUT2D eigenvalue weighted by Gasteiger charge is 2.29. The van der Waals surface area contributed by atoms with Crippen LogP contribution in [0.15, 0.2) is 0 Å². The van der Waals surface area contributed by atoms with Crippen LogP contribution in [0.25, 0.3) is 0 Å². The summed E-state index contributed by atoms with van der Waals surface area (Å²) in [4.78, 5) is 0. The average molecular weight is 292 g/mol. The van der Waals surface area contributed by atoms with E-state index in [0.29, 0.717) is 13.1 Å². The lowest BCUT2D eigenvalue weighted by Crippen LogP contribution is -2.52. The predicted molar refractivity (Wildman–Crippen MR) is 77.6 cm³/mol. The summed E-state index contributed by atoms with van der Waals surface area (Å²) in [7, 11) is -3.21. The van der Waals surface area contributed by atoms with Crippen molar-refractivity contribution in [2.45, 2.75) is 63.5 Å². The van der Waals surface area contributed by atoms with Gasteiger partial charge >= 0.3 is 0 Å². The molecule has 0 aromatic carbocycles. The van der Waals surface area contributed by atoms with Crippen molar-refractivity contribution in [3.8, 4) is 0 Å². The van der Waals surface area contributed by atoms with Crippen molar-refractivity contribution < 1.29 is 13.5 Å². The molecule has 0 heterocycles. The molecule has 1 rings (SSSR count). The van der Waals surface area contributed by atoms with Crippen LogP contribution in [-0.2, 0) is 10.0 Å². The lowest BCUT2D eigenvalue weighted by molar-refractivity contribution is 0.0244. The lowest BCUT2D eigenvalue weighted by Gasteiger charge is -2.30. The molecule has 114 valence electrons. The molecule has 0 amide bonds. The SMILES string of the molecule is CC(C)(CNCC1(O)CCCCCC1)NS(C)(=O)=O. The van der Waals surface area contributed by atoms with Crippen molar-refractivity contribution in [1.82, 2.24) is 10.0 Å². The fraction of sp³-hybridized carbons (Fsp3) is 1.00. The Morgan fingerprint density at radius 3 is 2.16 bits per heavy atom. The Balaban J connectivity index is 2.40. The molecule has 6 heteroatoms. The van der Waals surface area contributed by atoms with Crippen molar-refractivity contribution in [1.29, 1.82) is 0 Å². The summed E-state index contributed by atoms with van der Waals surface area (Å²) in [5.74, 6) is 0. The summed E-state index contributed by atoms with van der Waals surface area (Å²) in [5, 5.41) is 13.7. The Kier molecular flexibility index (Phi) is 5.79. The maximum Gasteiger partial charge on any atom is 0.209 e. The van der Waals surface area contributed by atoms with Crippen molar-refractivity contribution in [3.05, 3.63) is 0 Å². The molecule has 0 spiro atoms. The molecule has 1 aliphatic carbocycles. The van der Waals surface area contributed by atoms with Gasteiger partial charge in [0.15, 0.2) is 0 Å².